The lowest BCUT2D eigenvalue weighted by atomic mass is 10.1. The van der Waals surface area contributed by atoms with Crippen molar-refractivity contribution in [2.24, 2.45) is 5.73 Å². The molecule has 1 heterocycles. The highest BCUT2D eigenvalue weighted by molar-refractivity contribution is 9.10. The number of para-hydroxylation sites is 1. The molecule has 1 aromatic heterocycles. The van der Waals surface area contributed by atoms with Crippen molar-refractivity contribution in [2.45, 2.75) is 13.2 Å². The molecule has 3 rings (SSSR count). The highest BCUT2D eigenvalue weighted by atomic mass is 79.9. The Bertz CT molecular complexity index is 756. The number of fused-ring (bicyclic) bond motifs is 1. The molecule has 0 spiro atoms. The molecule has 0 saturated heterocycles. The lowest BCUT2D eigenvalue weighted by molar-refractivity contribution is 0.309. The fourth-order valence-corrected chi connectivity index (χ4v) is 2.43. The van der Waals surface area contributed by atoms with Gasteiger partial charge in [0.1, 0.15) is 12.4 Å². The van der Waals surface area contributed by atoms with Gasteiger partial charge in [0.05, 0.1) is 11.2 Å². The number of rotatable bonds is 4. The summed E-state index contributed by atoms with van der Waals surface area (Å²) in [7, 11) is 0. The third-order valence-electron chi connectivity index (χ3n) is 3.25. The number of ether oxygens (including phenoxy) is 1. The molecule has 106 valence electrons. The van der Waals surface area contributed by atoms with E-state index < -0.39 is 0 Å². The summed E-state index contributed by atoms with van der Waals surface area (Å²) in [6, 6.07) is 18.0. The predicted octanol–water partition coefficient (Wildman–Crippen LogP) is 4.04. The molecule has 0 saturated carbocycles. The van der Waals surface area contributed by atoms with Gasteiger partial charge in [-0.05, 0) is 29.8 Å². The van der Waals surface area contributed by atoms with Gasteiger partial charge < -0.3 is 10.5 Å². The van der Waals surface area contributed by atoms with E-state index in [0.29, 0.717) is 13.2 Å². The molecule has 2 N–H and O–H groups in total. The number of pyridine rings is 1. The summed E-state index contributed by atoms with van der Waals surface area (Å²) >= 11 is 3.43. The summed E-state index contributed by atoms with van der Waals surface area (Å²) in [6.07, 6.45) is 0. The quantitative estimate of drug-likeness (QED) is 0.778. The Balaban J connectivity index is 1.90. The molecule has 3 aromatic rings. The number of hydrogen-bond donors (Lipinski definition) is 1. The van der Waals surface area contributed by atoms with Crippen LogP contribution in [0.5, 0.6) is 5.75 Å². The van der Waals surface area contributed by atoms with Crippen molar-refractivity contribution in [1.29, 1.82) is 0 Å². The van der Waals surface area contributed by atoms with E-state index in [0.717, 1.165) is 32.4 Å². The zero-order valence-corrected chi connectivity index (χ0v) is 13.0. The molecule has 0 unspecified atom stereocenters. The van der Waals surface area contributed by atoms with Crippen LogP contribution in [0.2, 0.25) is 0 Å². The Morgan fingerprint density at radius 3 is 2.57 bits per heavy atom. The van der Waals surface area contributed by atoms with Gasteiger partial charge in [0.2, 0.25) is 0 Å². The van der Waals surface area contributed by atoms with E-state index in [9.17, 15) is 0 Å². The molecule has 0 bridgehead atoms. The Kier molecular flexibility index (Phi) is 4.18. The summed E-state index contributed by atoms with van der Waals surface area (Å²) in [5.74, 6) is 0.823. The first-order valence-electron chi connectivity index (χ1n) is 6.72. The normalized spacial score (nSPS) is 10.8. The highest BCUT2D eigenvalue weighted by Gasteiger charge is 2.06. The molecule has 0 aliphatic carbocycles. The van der Waals surface area contributed by atoms with Crippen LogP contribution < -0.4 is 10.5 Å². The predicted molar refractivity (Wildman–Crippen MR) is 88.1 cm³/mol. The van der Waals surface area contributed by atoms with Crippen molar-refractivity contribution in [2.75, 3.05) is 0 Å². The monoisotopic (exact) mass is 342 g/mol. The zero-order valence-electron chi connectivity index (χ0n) is 11.4. The summed E-state index contributed by atoms with van der Waals surface area (Å²) in [5.41, 5.74) is 8.57. The molecule has 0 atom stereocenters. The van der Waals surface area contributed by atoms with E-state index in [1.807, 2.05) is 54.6 Å². The Labute approximate surface area is 131 Å². The van der Waals surface area contributed by atoms with Crippen molar-refractivity contribution >= 4 is 26.8 Å². The van der Waals surface area contributed by atoms with Gasteiger partial charge >= 0.3 is 0 Å². The van der Waals surface area contributed by atoms with E-state index >= 15 is 0 Å². The van der Waals surface area contributed by atoms with Crippen molar-refractivity contribution in [3.05, 3.63) is 70.3 Å². The number of aromatic nitrogens is 1. The van der Waals surface area contributed by atoms with Crippen LogP contribution in [0.3, 0.4) is 0 Å². The molecule has 21 heavy (non-hydrogen) atoms. The van der Waals surface area contributed by atoms with Gasteiger partial charge in [-0.25, -0.2) is 0 Å². The van der Waals surface area contributed by atoms with Gasteiger partial charge in [-0.2, -0.15) is 0 Å². The fraction of sp³-hybridized carbons (Fsp3) is 0.118. The van der Waals surface area contributed by atoms with Crippen LogP contribution in [0.1, 0.15) is 11.3 Å². The van der Waals surface area contributed by atoms with Crippen molar-refractivity contribution in [1.82, 2.24) is 4.98 Å². The maximum atomic E-state index is 5.98. The van der Waals surface area contributed by atoms with Crippen LogP contribution in [0.25, 0.3) is 10.9 Å². The Morgan fingerprint density at radius 2 is 1.81 bits per heavy atom. The smallest absolute Gasteiger partial charge is 0.131 e. The van der Waals surface area contributed by atoms with Crippen molar-refractivity contribution < 1.29 is 4.74 Å². The fourth-order valence-electron chi connectivity index (χ4n) is 2.16. The van der Waals surface area contributed by atoms with Crippen LogP contribution in [0.4, 0.5) is 0 Å². The van der Waals surface area contributed by atoms with Gasteiger partial charge in [-0.1, -0.05) is 40.2 Å². The van der Waals surface area contributed by atoms with E-state index in [1.54, 1.807) is 0 Å². The molecule has 2 aromatic carbocycles. The average Bonchev–Trinajstić information content (AvgIpc) is 2.53. The van der Waals surface area contributed by atoms with Gasteiger partial charge in [0, 0.05) is 22.5 Å². The minimum absolute atomic E-state index is 0.402. The highest BCUT2D eigenvalue weighted by Crippen LogP contribution is 2.26. The third-order valence-corrected chi connectivity index (χ3v) is 3.78. The first kappa shape index (κ1) is 14.0. The van der Waals surface area contributed by atoms with Crippen LogP contribution in [-0.4, -0.2) is 4.98 Å². The minimum atomic E-state index is 0.402. The standard InChI is InChI=1S/C17H15BrN2O/c18-13-7-5-12(6-8-13)11-21-17-9-14(10-19)20-16-4-2-1-3-15(16)17/h1-9H,10-11,19H2. The Hall–Kier alpha value is -1.91. The SMILES string of the molecule is NCc1cc(OCc2ccc(Br)cc2)c2ccccc2n1. The Morgan fingerprint density at radius 1 is 1.05 bits per heavy atom. The molecular weight excluding hydrogens is 328 g/mol. The summed E-state index contributed by atoms with van der Waals surface area (Å²) in [4.78, 5) is 4.51. The molecule has 0 fully saturated rings. The van der Waals surface area contributed by atoms with E-state index in [1.165, 1.54) is 0 Å². The second kappa shape index (κ2) is 6.24. The number of benzene rings is 2. The molecule has 0 radical (unpaired) electrons. The molecule has 3 nitrogen and oxygen atoms in total. The van der Waals surface area contributed by atoms with Crippen molar-refractivity contribution in [3.63, 3.8) is 0 Å². The van der Waals surface area contributed by atoms with E-state index in [-0.39, 0.29) is 0 Å². The molecule has 4 heteroatoms. The summed E-state index contributed by atoms with van der Waals surface area (Å²) in [6.45, 7) is 0.921. The van der Waals surface area contributed by atoms with Gasteiger partial charge in [-0.15, -0.1) is 0 Å². The maximum absolute atomic E-state index is 5.98. The van der Waals surface area contributed by atoms with Crippen LogP contribution in [-0.2, 0) is 13.2 Å². The zero-order chi connectivity index (χ0) is 14.7. The molecular formula is C17H15BrN2O. The van der Waals surface area contributed by atoms with Gasteiger partial charge in [0.15, 0.2) is 0 Å². The maximum Gasteiger partial charge on any atom is 0.131 e. The topological polar surface area (TPSA) is 48.1 Å². The van der Waals surface area contributed by atoms with Gasteiger partial charge in [-0.3, -0.25) is 4.98 Å². The van der Waals surface area contributed by atoms with Crippen LogP contribution in [0.15, 0.2) is 59.1 Å². The number of halogens is 1. The minimum Gasteiger partial charge on any atom is -0.488 e. The summed E-state index contributed by atoms with van der Waals surface area (Å²) < 4.78 is 7.04. The van der Waals surface area contributed by atoms with Crippen LogP contribution in [0, 0.1) is 0 Å². The lowest BCUT2D eigenvalue weighted by Gasteiger charge is -2.11. The van der Waals surface area contributed by atoms with E-state index in [4.69, 9.17) is 10.5 Å². The third kappa shape index (κ3) is 3.23. The number of nitrogens with two attached hydrogens (primary N) is 1. The van der Waals surface area contributed by atoms with E-state index in [2.05, 4.69) is 20.9 Å². The number of hydrogen-bond acceptors (Lipinski definition) is 3. The second-order valence-corrected chi connectivity index (χ2v) is 5.66. The second-order valence-electron chi connectivity index (χ2n) is 4.75. The van der Waals surface area contributed by atoms with Crippen LogP contribution >= 0.6 is 15.9 Å². The largest absolute Gasteiger partial charge is 0.488 e. The average molecular weight is 343 g/mol. The van der Waals surface area contributed by atoms with Gasteiger partial charge in [0.25, 0.3) is 0 Å². The number of nitrogens with zero attached hydrogens (tertiary/aromatic N) is 1. The summed E-state index contributed by atoms with van der Waals surface area (Å²) in [5, 5.41) is 1.01. The molecule has 0 aliphatic rings. The molecule has 0 amide bonds. The molecule has 0 aliphatic heterocycles. The van der Waals surface area contributed by atoms with Crippen molar-refractivity contribution in [3.8, 4) is 5.75 Å². The first-order chi connectivity index (χ1) is 10.3. The first-order valence-corrected chi connectivity index (χ1v) is 7.51. The lowest BCUT2D eigenvalue weighted by Crippen LogP contribution is -2.02.